The van der Waals surface area contributed by atoms with Crippen molar-refractivity contribution in [3.8, 4) is 5.75 Å². The molecule has 0 bridgehead atoms. The highest BCUT2D eigenvalue weighted by atomic mass is 16.5. The molecule has 94 valence electrons. The second-order valence-electron chi connectivity index (χ2n) is 4.26. The highest BCUT2D eigenvalue weighted by molar-refractivity contribution is 5.78. The normalized spacial score (nSPS) is 12.2. The van der Waals surface area contributed by atoms with Crippen molar-refractivity contribution in [1.29, 1.82) is 0 Å². The van der Waals surface area contributed by atoms with Crippen molar-refractivity contribution >= 4 is 12.4 Å². The van der Waals surface area contributed by atoms with Gasteiger partial charge in [0.1, 0.15) is 12.4 Å². The van der Waals surface area contributed by atoms with E-state index in [1.54, 1.807) is 24.7 Å². The Kier molecular flexibility index (Phi) is 3.06. The summed E-state index contributed by atoms with van der Waals surface area (Å²) < 4.78 is 5.68. The fourth-order valence-electron chi connectivity index (χ4n) is 2.11. The van der Waals surface area contributed by atoms with Crippen LogP contribution in [0.4, 0.5) is 0 Å². The number of nitrogens with zero attached hydrogens (tertiary/aromatic N) is 2. The third-order valence-electron chi connectivity index (χ3n) is 3.09. The number of aldehydes is 1. The van der Waals surface area contributed by atoms with E-state index in [2.05, 4.69) is 22.1 Å². The van der Waals surface area contributed by atoms with Gasteiger partial charge in [-0.1, -0.05) is 12.2 Å². The molecule has 19 heavy (non-hydrogen) atoms. The molecule has 2 aromatic rings. The van der Waals surface area contributed by atoms with Crippen LogP contribution in [0.2, 0.25) is 0 Å². The molecule has 1 aliphatic carbocycles. The zero-order valence-electron chi connectivity index (χ0n) is 10.2. The molecule has 4 nitrogen and oxygen atoms in total. The number of pyridine rings is 2. The Morgan fingerprint density at radius 3 is 3.16 bits per heavy atom. The number of fused-ring (bicyclic) bond motifs is 1. The third kappa shape index (κ3) is 2.25. The van der Waals surface area contributed by atoms with Gasteiger partial charge < -0.3 is 4.74 Å². The number of hydrogen-bond acceptors (Lipinski definition) is 4. The number of aromatic nitrogens is 2. The van der Waals surface area contributed by atoms with Crippen molar-refractivity contribution in [2.75, 3.05) is 0 Å². The van der Waals surface area contributed by atoms with Crippen molar-refractivity contribution in [3.05, 3.63) is 59.2 Å². The number of allylic oxidation sites excluding steroid dienone is 1. The zero-order chi connectivity index (χ0) is 13.1. The smallest absolute Gasteiger partial charge is 0.153 e. The maximum atomic E-state index is 10.9. The summed E-state index contributed by atoms with van der Waals surface area (Å²) in [7, 11) is 0. The van der Waals surface area contributed by atoms with E-state index in [1.807, 2.05) is 6.07 Å². The fourth-order valence-corrected chi connectivity index (χ4v) is 2.11. The molecule has 2 heterocycles. The standard InChI is InChI=1S/C15H12N2O2/c18-9-11-4-6-16-8-15(11)19-10-12-5-7-17-14-3-1-2-13(12)14/h1-2,4-9H,3,10H2. The monoisotopic (exact) mass is 252 g/mol. The average molecular weight is 252 g/mol. The van der Waals surface area contributed by atoms with Gasteiger partial charge in [0.2, 0.25) is 0 Å². The molecule has 0 radical (unpaired) electrons. The van der Waals surface area contributed by atoms with Gasteiger partial charge in [-0.2, -0.15) is 0 Å². The van der Waals surface area contributed by atoms with Gasteiger partial charge in [-0.05, 0) is 17.7 Å². The van der Waals surface area contributed by atoms with E-state index in [1.165, 1.54) is 0 Å². The molecule has 0 amide bonds. The number of carbonyl (C=O) groups excluding carboxylic acids is 1. The van der Waals surface area contributed by atoms with E-state index in [-0.39, 0.29) is 0 Å². The molecule has 2 aromatic heterocycles. The lowest BCUT2D eigenvalue weighted by atomic mass is 10.1. The summed E-state index contributed by atoms with van der Waals surface area (Å²) in [5.41, 5.74) is 3.78. The van der Waals surface area contributed by atoms with Gasteiger partial charge in [0.05, 0.1) is 17.5 Å². The number of ether oxygens (including phenoxy) is 1. The number of hydrogen-bond donors (Lipinski definition) is 0. The van der Waals surface area contributed by atoms with Crippen LogP contribution in [-0.2, 0) is 13.0 Å². The molecule has 0 spiro atoms. The SMILES string of the molecule is O=Cc1ccncc1OCc1ccnc2c1C=CC2. The molecular weight excluding hydrogens is 240 g/mol. The van der Waals surface area contributed by atoms with Gasteiger partial charge >= 0.3 is 0 Å². The Bertz CT molecular complexity index is 650. The van der Waals surface area contributed by atoms with Crippen LogP contribution in [0.25, 0.3) is 6.08 Å². The summed E-state index contributed by atoms with van der Waals surface area (Å²) in [4.78, 5) is 19.2. The first-order valence-electron chi connectivity index (χ1n) is 6.04. The summed E-state index contributed by atoms with van der Waals surface area (Å²) in [6.45, 7) is 0.404. The molecule has 0 aromatic carbocycles. The van der Waals surface area contributed by atoms with Gasteiger partial charge in [-0.3, -0.25) is 14.8 Å². The summed E-state index contributed by atoms with van der Waals surface area (Å²) in [6, 6.07) is 3.57. The maximum absolute atomic E-state index is 10.9. The molecule has 0 saturated heterocycles. The molecule has 0 aliphatic heterocycles. The van der Waals surface area contributed by atoms with Crippen LogP contribution in [0.5, 0.6) is 5.75 Å². The van der Waals surface area contributed by atoms with Crippen molar-refractivity contribution in [1.82, 2.24) is 9.97 Å². The van der Waals surface area contributed by atoms with Gasteiger partial charge in [0.25, 0.3) is 0 Å². The average Bonchev–Trinajstić information content (AvgIpc) is 2.94. The lowest BCUT2D eigenvalue weighted by Crippen LogP contribution is -2.02. The van der Waals surface area contributed by atoms with E-state index in [0.29, 0.717) is 17.9 Å². The molecule has 4 heteroatoms. The van der Waals surface area contributed by atoms with E-state index in [0.717, 1.165) is 29.5 Å². The molecule has 0 unspecified atom stereocenters. The lowest BCUT2D eigenvalue weighted by Gasteiger charge is -2.10. The summed E-state index contributed by atoms with van der Waals surface area (Å²) in [5, 5.41) is 0. The Hall–Kier alpha value is -2.49. The first-order valence-corrected chi connectivity index (χ1v) is 6.04. The molecular formula is C15H12N2O2. The molecule has 0 atom stereocenters. The van der Waals surface area contributed by atoms with Crippen LogP contribution in [-0.4, -0.2) is 16.3 Å². The molecule has 0 saturated carbocycles. The first kappa shape index (κ1) is 11.6. The Labute approximate surface area is 110 Å². The van der Waals surface area contributed by atoms with E-state index < -0.39 is 0 Å². The molecule has 0 fully saturated rings. The van der Waals surface area contributed by atoms with Gasteiger partial charge in [0, 0.05) is 24.4 Å². The molecule has 0 N–H and O–H groups in total. The van der Waals surface area contributed by atoms with Gasteiger partial charge in [0.15, 0.2) is 6.29 Å². The number of carbonyl (C=O) groups is 1. The van der Waals surface area contributed by atoms with Crippen molar-refractivity contribution < 1.29 is 9.53 Å². The van der Waals surface area contributed by atoms with Crippen LogP contribution in [0, 0.1) is 0 Å². The minimum Gasteiger partial charge on any atom is -0.487 e. The maximum Gasteiger partial charge on any atom is 0.153 e. The van der Waals surface area contributed by atoms with Gasteiger partial charge in [-0.25, -0.2) is 0 Å². The Morgan fingerprint density at radius 1 is 1.32 bits per heavy atom. The van der Waals surface area contributed by atoms with Crippen molar-refractivity contribution in [3.63, 3.8) is 0 Å². The Morgan fingerprint density at radius 2 is 2.26 bits per heavy atom. The van der Waals surface area contributed by atoms with E-state index >= 15 is 0 Å². The lowest BCUT2D eigenvalue weighted by molar-refractivity contribution is 0.111. The summed E-state index contributed by atoms with van der Waals surface area (Å²) in [6.07, 6.45) is 10.7. The van der Waals surface area contributed by atoms with Crippen LogP contribution in [0.3, 0.4) is 0 Å². The van der Waals surface area contributed by atoms with Crippen molar-refractivity contribution in [2.24, 2.45) is 0 Å². The highest BCUT2D eigenvalue weighted by Gasteiger charge is 2.11. The van der Waals surface area contributed by atoms with Crippen LogP contribution in [0.15, 0.2) is 36.8 Å². The fraction of sp³-hybridized carbons (Fsp3) is 0.133. The van der Waals surface area contributed by atoms with Crippen LogP contribution >= 0.6 is 0 Å². The second kappa shape index (κ2) is 5.02. The Balaban J connectivity index is 1.82. The topological polar surface area (TPSA) is 52.1 Å². The minimum atomic E-state index is 0.404. The number of rotatable bonds is 4. The minimum absolute atomic E-state index is 0.404. The van der Waals surface area contributed by atoms with E-state index in [9.17, 15) is 4.79 Å². The second-order valence-corrected chi connectivity index (χ2v) is 4.26. The van der Waals surface area contributed by atoms with Crippen LogP contribution in [0.1, 0.15) is 27.2 Å². The quantitative estimate of drug-likeness (QED) is 0.784. The van der Waals surface area contributed by atoms with Crippen LogP contribution < -0.4 is 4.74 Å². The predicted octanol–water partition coefficient (Wildman–Crippen LogP) is 2.44. The van der Waals surface area contributed by atoms with Gasteiger partial charge in [-0.15, -0.1) is 0 Å². The van der Waals surface area contributed by atoms with E-state index in [4.69, 9.17) is 4.74 Å². The first-order chi connectivity index (χ1) is 9.38. The zero-order valence-corrected chi connectivity index (χ0v) is 10.2. The third-order valence-corrected chi connectivity index (χ3v) is 3.09. The predicted molar refractivity (Wildman–Crippen MR) is 70.9 cm³/mol. The van der Waals surface area contributed by atoms with Crippen molar-refractivity contribution in [2.45, 2.75) is 13.0 Å². The summed E-state index contributed by atoms with van der Waals surface area (Å²) >= 11 is 0. The molecule has 1 aliphatic rings. The molecule has 3 rings (SSSR count). The highest BCUT2D eigenvalue weighted by Crippen LogP contribution is 2.23. The summed E-state index contributed by atoms with van der Waals surface area (Å²) in [5.74, 6) is 0.505. The largest absolute Gasteiger partial charge is 0.487 e.